The lowest BCUT2D eigenvalue weighted by molar-refractivity contribution is 0.0598. The van der Waals surface area contributed by atoms with Gasteiger partial charge in [-0.25, -0.2) is 22.5 Å². The Hall–Kier alpha value is -4.48. The number of rotatable bonds is 20. The zero-order valence-corrected chi connectivity index (χ0v) is 32.9. The van der Waals surface area contributed by atoms with E-state index in [4.69, 9.17) is 18.4 Å². The molecule has 0 aliphatic rings. The molecule has 15 nitrogen and oxygen atoms in total. The molecule has 3 N–H and O–H groups in total. The summed E-state index contributed by atoms with van der Waals surface area (Å²) in [6.07, 6.45) is 8.91. The second kappa shape index (κ2) is 18.5. The molecule has 2 unspecified atom stereocenters. The number of hydrogen-bond acceptors (Lipinski definition) is 11. The molecule has 17 heteroatoms. The van der Waals surface area contributed by atoms with E-state index in [0.717, 1.165) is 57.7 Å². The SMILES string of the molecule is CCCCCCCCCCOc1ccc(NS(=O)(=O)c2cc(C(=O)OC)cc(C(=O)OC)c2)cc1OS(=O)NC(C)c1nnc2cc(C(C)(C)C)[nH]n12. The number of methoxy groups -OCH3 is 2. The van der Waals surface area contributed by atoms with Crippen molar-refractivity contribution in [3.8, 4) is 11.5 Å². The largest absolute Gasteiger partial charge is 0.490 e. The number of hydrogen-bond donors (Lipinski definition) is 3. The molecule has 0 amide bonds. The molecule has 2 aromatic carbocycles. The fourth-order valence-electron chi connectivity index (χ4n) is 5.38. The van der Waals surface area contributed by atoms with Gasteiger partial charge in [0.15, 0.2) is 23.0 Å². The van der Waals surface area contributed by atoms with Gasteiger partial charge in [-0.2, -0.15) is 8.93 Å². The molecule has 0 bridgehead atoms. The summed E-state index contributed by atoms with van der Waals surface area (Å²) in [5.41, 5.74) is 1.10. The van der Waals surface area contributed by atoms with Gasteiger partial charge in [0.1, 0.15) is 0 Å². The molecule has 4 rings (SSSR count). The third-order valence-electron chi connectivity index (χ3n) is 8.36. The Morgan fingerprint density at radius 2 is 1.51 bits per heavy atom. The molecule has 290 valence electrons. The van der Waals surface area contributed by atoms with Crippen molar-refractivity contribution in [3.63, 3.8) is 0 Å². The van der Waals surface area contributed by atoms with Crippen LogP contribution in [0.25, 0.3) is 5.65 Å². The Labute approximate surface area is 313 Å². The molecular formula is C36H50N6O9S2. The predicted octanol–water partition coefficient (Wildman–Crippen LogP) is 6.56. The maximum Gasteiger partial charge on any atom is 0.337 e. The summed E-state index contributed by atoms with van der Waals surface area (Å²) in [6, 6.07) is 8.96. The highest BCUT2D eigenvalue weighted by Crippen LogP contribution is 2.33. The molecule has 0 aliphatic heterocycles. The van der Waals surface area contributed by atoms with Gasteiger partial charge in [-0.05, 0) is 43.7 Å². The summed E-state index contributed by atoms with van der Waals surface area (Å²) >= 11 is -2.16. The van der Waals surface area contributed by atoms with E-state index in [1.54, 1.807) is 11.4 Å². The number of H-pyrrole nitrogens is 1. The molecule has 4 aromatic rings. The summed E-state index contributed by atoms with van der Waals surface area (Å²) < 4.78 is 68.9. The number of nitrogens with zero attached hydrogens (tertiary/aromatic N) is 3. The monoisotopic (exact) mass is 774 g/mol. The average molecular weight is 775 g/mol. The van der Waals surface area contributed by atoms with Gasteiger partial charge in [-0.3, -0.25) is 9.82 Å². The van der Waals surface area contributed by atoms with Crippen LogP contribution in [0.3, 0.4) is 0 Å². The number of nitrogens with one attached hydrogen (secondary N) is 3. The van der Waals surface area contributed by atoms with Crippen LogP contribution >= 0.6 is 0 Å². The Morgan fingerprint density at radius 1 is 0.887 bits per heavy atom. The summed E-state index contributed by atoms with van der Waals surface area (Å²) in [6.45, 7) is 10.5. The van der Waals surface area contributed by atoms with Gasteiger partial charge < -0.3 is 18.4 Å². The second-order valence-corrected chi connectivity index (χ2v) is 16.2. The minimum Gasteiger partial charge on any atom is -0.490 e. The van der Waals surface area contributed by atoms with Crippen LogP contribution in [0.1, 0.15) is 124 Å². The van der Waals surface area contributed by atoms with Gasteiger partial charge in [-0.1, -0.05) is 72.6 Å². The third kappa shape index (κ3) is 11.3. The average Bonchev–Trinajstić information content (AvgIpc) is 3.73. The van der Waals surface area contributed by atoms with Crippen molar-refractivity contribution in [2.45, 2.75) is 102 Å². The van der Waals surface area contributed by atoms with Crippen LogP contribution in [-0.2, 0) is 36.2 Å². The minimum atomic E-state index is -4.39. The van der Waals surface area contributed by atoms with E-state index in [0.29, 0.717) is 18.1 Å². The number of anilines is 1. The number of carbonyl (C=O) groups is 2. The van der Waals surface area contributed by atoms with Crippen molar-refractivity contribution in [3.05, 3.63) is 65.1 Å². The topological polar surface area (TPSA) is 192 Å². The number of fused-ring (bicyclic) bond motifs is 1. The highest BCUT2D eigenvalue weighted by Gasteiger charge is 2.25. The van der Waals surface area contributed by atoms with Crippen LogP contribution in [0.5, 0.6) is 11.5 Å². The highest BCUT2D eigenvalue weighted by atomic mass is 32.2. The lowest BCUT2D eigenvalue weighted by Crippen LogP contribution is -2.27. The molecule has 2 aromatic heterocycles. The normalized spacial score (nSPS) is 13.0. The first-order chi connectivity index (χ1) is 25.2. The predicted molar refractivity (Wildman–Crippen MR) is 201 cm³/mol. The van der Waals surface area contributed by atoms with Crippen LogP contribution in [-0.4, -0.2) is 65.2 Å². The van der Waals surface area contributed by atoms with Crippen LogP contribution in [0.15, 0.2) is 47.4 Å². The fraction of sp³-hybridized carbons (Fsp3) is 0.500. The summed E-state index contributed by atoms with van der Waals surface area (Å²) in [4.78, 5) is 24.2. The number of benzene rings is 2. The van der Waals surface area contributed by atoms with Crippen molar-refractivity contribution in [1.82, 2.24) is 24.5 Å². The van der Waals surface area contributed by atoms with E-state index in [9.17, 15) is 22.2 Å². The zero-order valence-electron chi connectivity index (χ0n) is 31.3. The number of unbranched alkanes of at least 4 members (excludes halogenated alkanes) is 7. The number of ether oxygens (including phenoxy) is 3. The number of aromatic amines is 1. The maximum absolute atomic E-state index is 13.6. The number of carbonyl (C=O) groups excluding carboxylic acids is 2. The van der Waals surface area contributed by atoms with E-state index in [1.165, 1.54) is 49.9 Å². The Kier molecular flexibility index (Phi) is 14.4. The van der Waals surface area contributed by atoms with Crippen molar-refractivity contribution in [1.29, 1.82) is 0 Å². The molecule has 2 atom stereocenters. The molecule has 0 spiro atoms. The van der Waals surface area contributed by atoms with Gasteiger partial charge in [0.05, 0.1) is 48.6 Å². The van der Waals surface area contributed by atoms with E-state index < -0.39 is 44.2 Å². The molecule has 2 heterocycles. The summed E-state index contributed by atoms with van der Waals surface area (Å²) in [5, 5.41) is 11.8. The first-order valence-electron chi connectivity index (χ1n) is 17.6. The maximum atomic E-state index is 13.6. The van der Waals surface area contributed by atoms with E-state index in [2.05, 4.69) is 52.4 Å². The van der Waals surface area contributed by atoms with Crippen molar-refractivity contribution in [2.24, 2.45) is 0 Å². The first-order valence-corrected chi connectivity index (χ1v) is 20.1. The number of sulfonamides is 1. The standard InChI is InChI=1S/C36H50N6O9S2/c1-8-9-10-11-12-13-14-15-18-50-29-17-16-27(41-53(46,47)28-20-25(34(43)48-6)19-26(21-28)35(44)49-7)22-30(29)51-52(45)40-24(2)33-38-37-32-23-31(36(3,4)5)39-42(32)33/h16-17,19-24,39-41H,8-15,18H2,1-7H3. The summed E-state index contributed by atoms with van der Waals surface area (Å²) in [7, 11) is -2.12. The van der Waals surface area contributed by atoms with Crippen LogP contribution in [0, 0.1) is 0 Å². The summed E-state index contributed by atoms with van der Waals surface area (Å²) in [5.74, 6) is -0.961. The minimum absolute atomic E-state index is 0.00245. The van der Waals surface area contributed by atoms with Crippen molar-refractivity contribution in [2.75, 3.05) is 25.5 Å². The fourth-order valence-corrected chi connectivity index (χ4v) is 7.23. The van der Waals surface area contributed by atoms with Gasteiger partial charge in [0.2, 0.25) is 0 Å². The zero-order chi connectivity index (χ0) is 38.8. The Bertz CT molecular complexity index is 1970. The van der Waals surface area contributed by atoms with E-state index in [-0.39, 0.29) is 33.7 Å². The van der Waals surface area contributed by atoms with Crippen LogP contribution < -0.4 is 18.4 Å². The van der Waals surface area contributed by atoms with Crippen molar-refractivity contribution < 1.29 is 40.6 Å². The van der Waals surface area contributed by atoms with Gasteiger partial charge >= 0.3 is 11.9 Å². The van der Waals surface area contributed by atoms with E-state index >= 15 is 0 Å². The molecule has 0 saturated carbocycles. The lowest BCUT2D eigenvalue weighted by Gasteiger charge is -2.17. The van der Waals surface area contributed by atoms with Crippen LogP contribution in [0.2, 0.25) is 0 Å². The van der Waals surface area contributed by atoms with Crippen molar-refractivity contribution >= 4 is 44.6 Å². The molecule has 0 fully saturated rings. The first kappa shape index (κ1) is 41.3. The van der Waals surface area contributed by atoms with Crippen LogP contribution in [0.4, 0.5) is 5.69 Å². The highest BCUT2D eigenvalue weighted by molar-refractivity contribution is 7.92. The Morgan fingerprint density at radius 3 is 2.11 bits per heavy atom. The molecule has 53 heavy (non-hydrogen) atoms. The van der Waals surface area contributed by atoms with E-state index in [1.807, 2.05) is 6.07 Å². The van der Waals surface area contributed by atoms with Gasteiger partial charge in [0.25, 0.3) is 21.3 Å². The molecular weight excluding hydrogens is 725 g/mol. The van der Waals surface area contributed by atoms with Gasteiger partial charge in [0, 0.05) is 23.2 Å². The Balaban J connectivity index is 1.55. The second-order valence-electron chi connectivity index (χ2n) is 13.6. The lowest BCUT2D eigenvalue weighted by atomic mass is 9.93. The van der Waals surface area contributed by atoms with Gasteiger partial charge in [-0.15, -0.1) is 10.2 Å². The molecule has 0 saturated heterocycles. The quantitative estimate of drug-likeness (QED) is 0.0651. The number of aromatic nitrogens is 4. The number of esters is 2. The molecule has 0 aliphatic carbocycles. The third-order valence-corrected chi connectivity index (χ3v) is 10.6. The molecule has 0 radical (unpaired) electrons. The smallest absolute Gasteiger partial charge is 0.337 e.